The van der Waals surface area contributed by atoms with Gasteiger partial charge in [0.05, 0.1) is 6.61 Å². The highest BCUT2D eigenvalue weighted by molar-refractivity contribution is 5.73. The van der Waals surface area contributed by atoms with Crippen LogP contribution in [0.4, 0.5) is 4.79 Å². The van der Waals surface area contributed by atoms with Crippen molar-refractivity contribution in [3.63, 3.8) is 0 Å². The molecular weight excluding hydrogens is 270 g/mol. The highest BCUT2D eigenvalue weighted by Crippen LogP contribution is 2.15. The Labute approximate surface area is 125 Å². The Morgan fingerprint density at radius 3 is 2.57 bits per heavy atom. The molecule has 0 heterocycles. The number of carbonyl (C=O) groups is 2. The number of nitrogens with one attached hydrogen (secondary N) is 3. The lowest BCUT2D eigenvalue weighted by Crippen LogP contribution is -2.37. The molecule has 3 amide bonds. The van der Waals surface area contributed by atoms with Crippen LogP contribution in [0.3, 0.4) is 0 Å². The van der Waals surface area contributed by atoms with Gasteiger partial charge in [-0.05, 0) is 31.4 Å². The van der Waals surface area contributed by atoms with Gasteiger partial charge in [0.2, 0.25) is 6.41 Å². The Bertz CT molecular complexity index is 438. The molecule has 0 unspecified atom stereocenters. The molecule has 0 saturated heterocycles. The molecule has 1 aromatic carbocycles. The van der Waals surface area contributed by atoms with Crippen LogP contribution in [-0.2, 0) is 4.79 Å². The Morgan fingerprint density at radius 1 is 1.14 bits per heavy atom. The summed E-state index contributed by atoms with van der Waals surface area (Å²) in [6.07, 6.45) is 2.10. The van der Waals surface area contributed by atoms with E-state index in [1.807, 2.05) is 31.2 Å². The number of rotatable bonds is 10. The first-order valence-electron chi connectivity index (χ1n) is 7.11. The molecule has 0 aromatic heterocycles. The Kier molecular flexibility index (Phi) is 8.44. The summed E-state index contributed by atoms with van der Waals surface area (Å²) in [4.78, 5) is 21.4. The standard InChI is InChI=1S/C15H23N3O3/c1-13-6-2-3-7-14(13)21-11-5-10-18-15(20)17-9-4-8-16-12-19/h2-3,6-7,12H,4-5,8-11H2,1H3,(H,16,19)(H2,17,18,20). The van der Waals surface area contributed by atoms with Crippen molar-refractivity contribution in [2.45, 2.75) is 19.8 Å². The fourth-order valence-electron chi connectivity index (χ4n) is 1.69. The molecule has 0 bridgehead atoms. The molecule has 116 valence electrons. The van der Waals surface area contributed by atoms with E-state index in [0.717, 1.165) is 17.7 Å². The predicted octanol–water partition coefficient (Wildman–Crippen LogP) is 1.20. The molecule has 0 atom stereocenters. The monoisotopic (exact) mass is 293 g/mol. The molecule has 0 spiro atoms. The van der Waals surface area contributed by atoms with Gasteiger partial charge in [0.15, 0.2) is 0 Å². The van der Waals surface area contributed by atoms with Crippen molar-refractivity contribution < 1.29 is 14.3 Å². The smallest absolute Gasteiger partial charge is 0.314 e. The van der Waals surface area contributed by atoms with Crippen molar-refractivity contribution in [3.05, 3.63) is 29.8 Å². The van der Waals surface area contributed by atoms with Crippen molar-refractivity contribution >= 4 is 12.4 Å². The fourth-order valence-corrected chi connectivity index (χ4v) is 1.69. The van der Waals surface area contributed by atoms with E-state index in [-0.39, 0.29) is 6.03 Å². The van der Waals surface area contributed by atoms with Crippen LogP contribution in [0.1, 0.15) is 18.4 Å². The molecule has 1 rings (SSSR count). The van der Waals surface area contributed by atoms with Gasteiger partial charge >= 0.3 is 6.03 Å². The van der Waals surface area contributed by atoms with Crippen molar-refractivity contribution in [2.24, 2.45) is 0 Å². The van der Waals surface area contributed by atoms with Gasteiger partial charge in [-0.2, -0.15) is 0 Å². The van der Waals surface area contributed by atoms with Crippen LogP contribution in [0.15, 0.2) is 24.3 Å². The highest BCUT2D eigenvalue weighted by Gasteiger charge is 2.00. The fraction of sp³-hybridized carbons (Fsp3) is 0.467. The van der Waals surface area contributed by atoms with Gasteiger partial charge in [0.1, 0.15) is 5.75 Å². The van der Waals surface area contributed by atoms with E-state index in [0.29, 0.717) is 39.1 Å². The van der Waals surface area contributed by atoms with Crippen molar-refractivity contribution in [1.29, 1.82) is 0 Å². The van der Waals surface area contributed by atoms with Crippen LogP contribution >= 0.6 is 0 Å². The lowest BCUT2D eigenvalue weighted by atomic mass is 10.2. The van der Waals surface area contributed by atoms with Crippen molar-refractivity contribution in [3.8, 4) is 5.75 Å². The summed E-state index contributed by atoms with van der Waals surface area (Å²) >= 11 is 0. The SMILES string of the molecule is Cc1ccccc1OCCCNC(=O)NCCCNC=O. The summed E-state index contributed by atoms with van der Waals surface area (Å²) < 4.78 is 5.63. The number of aryl methyl sites for hydroxylation is 1. The summed E-state index contributed by atoms with van der Waals surface area (Å²) in [7, 11) is 0. The third-order valence-corrected chi connectivity index (χ3v) is 2.82. The van der Waals surface area contributed by atoms with Crippen LogP contribution in [0.5, 0.6) is 5.75 Å². The summed E-state index contributed by atoms with van der Waals surface area (Å²) in [5, 5.41) is 8.00. The van der Waals surface area contributed by atoms with Crippen molar-refractivity contribution in [1.82, 2.24) is 16.0 Å². The molecule has 0 aliphatic rings. The average Bonchev–Trinajstić information content (AvgIpc) is 2.48. The second-order valence-electron chi connectivity index (χ2n) is 4.58. The van der Waals surface area contributed by atoms with E-state index in [9.17, 15) is 9.59 Å². The van der Waals surface area contributed by atoms with Gasteiger partial charge in [0, 0.05) is 19.6 Å². The van der Waals surface area contributed by atoms with Crippen LogP contribution in [0.25, 0.3) is 0 Å². The minimum Gasteiger partial charge on any atom is -0.493 e. The first-order valence-corrected chi connectivity index (χ1v) is 7.11. The average molecular weight is 293 g/mol. The molecule has 3 N–H and O–H groups in total. The molecule has 0 aliphatic carbocycles. The van der Waals surface area contributed by atoms with Crippen LogP contribution in [-0.4, -0.2) is 38.7 Å². The first-order chi connectivity index (χ1) is 10.2. The van der Waals surface area contributed by atoms with Crippen LogP contribution in [0, 0.1) is 6.92 Å². The van der Waals surface area contributed by atoms with E-state index in [1.54, 1.807) is 0 Å². The van der Waals surface area contributed by atoms with E-state index < -0.39 is 0 Å². The Balaban J connectivity index is 2.00. The van der Waals surface area contributed by atoms with Crippen LogP contribution < -0.4 is 20.7 Å². The number of hydrogen-bond acceptors (Lipinski definition) is 3. The number of urea groups is 1. The van der Waals surface area contributed by atoms with E-state index in [2.05, 4.69) is 16.0 Å². The van der Waals surface area contributed by atoms with Crippen molar-refractivity contribution in [2.75, 3.05) is 26.2 Å². The maximum Gasteiger partial charge on any atom is 0.314 e. The molecule has 0 fully saturated rings. The zero-order valence-electron chi connectivity index (χ0n) is 12.4. The quantitative estimate of drug-likeness (QED) is 0.448. The zero-order chi connectivity index (χ0) is 15.3. The second kappa shape index (κ2) is 10.5. The molecule has 0 radical (unpaired) electrons. The maximum atomic E-state index is 11.4. The minimum atomic E-state index is -0.197. The minimum absolute atomic E-state index is 0.197. The van der Waals surface area contributed by atoms with Gasteiger partial charge in [-0.15, -0.1) is 0 Å². The summed E-state index contributed by atoms with van der Waals surface area (Å²) in [5.41, 5.74) is 1.10. The van der Waals surface area contributed by atoms with Gasteiger partial charge in [-0.1, -0.05) is 18.2 Å². The predicted molar refractivity (Wildman–Crippen MR) is 81.4 cm³/mol. The third-order valence-electron chi connectivity index (χ3n) is 2.82. The number of ether oxygens (including phenoxy) is 1. The molecular formula is C15H23N3O3. The summed E-state index contributed by atoms with van der Waals surface area (Å²) in [6, 6.07) is 7.65. The Hall–Kier alpha value is -2.24. The van der Waals surface area contributed by atoms with E-state index >= 15 is 0 Å². The number of carbonyl (C=O) groups excluding carboxylic acids is 2. The van der Waals surface area contributed by atoms with Gasteiger partial charge < -0.3 is 20.7 Å². The topological polar surface area (TPSA) is 79.5 Å². The highest BCUT2D eigenvalue weighted by atomic mass is 16.5. The first kappa shape index (κ1) is 16.8. The second-order valence-corrected chi connectivity index (χ2v) is 4.58. The molecule has 1 aromatic rings. The summed E-state index contributed by atoms with van der Waals surface area (Å²) in [6.45, 7) is 4.22. The number of benzene rings is 1. The lowest BCUT2D eigenvalue weighted by Gasteiger charge is -2.10. The van der Waals surface area contributed by atoms with Gasteiger partial charge in [-0.3, -0.25) is 4.79 Å². The summed E-state index contributed by atoms with van der Waals surface area (Å²) in [5.74, 6) is 0.879. The number of hydrogen-bond donors (Lipinski definition) is 3. The third kappa shape index (κ3) is 7.81. The number of para-hydroxylation sites is 1. The van der Waals surface area contributed by atoms with Gasteiger partial charge in [0.25, 0.3) is 0 Å². The molecule has 0 saturated carbocycles. The normalized spacial score (nSPS) is 9.76. The van der Waals surface area contributed by atoms with E-state index in [1.165, 1.54) is 0 Å². The maximum absolute atomic E-state index is 11.4. The molecule has 0 aliphatic heterocycles. The van der Waals surface area contributed by atoms with Gasteiger partial charge in [-0.25, -0.2) is 4.79 Å². The lowest BCUT2D eigenvalue weighted by molar-refractivity contribution is -0.109. The zero-order valence-corrected chi connectivity index (χ0v) is 12.4. The molecule has 6 heteroatoms. The molecule has 21 heavy (non-hydrogen) atoms. The number of amides is 3. The largest absolute Gasteiger partial charge is 0.493 e. The van der Waals surface area contributed by atoms with Crippen LogP contribution in [0.2, 0.25) is 0 Å². The van der Waals surface area contributed by atoms with E-state index in [4.69, 9.17) is 4.74 Å². The Morgan fingerprint density at radius 2 is 1.86 bits per heavy atom. The molecule has 6 nitrogen and oxygen atoms in total.